The second kappa shape index (κ2) is 6.72. The molecule has 0 bridgehead atoms. The first-order valence-electron chi connectivity index (χ1n) is 6.16. The molecule has 1 aromatic carbocycles. The number of nitro groups is 1. The fraction of sp³-hybridized carbons (Fsp3) is 0.462. The SMILES string of the molecule is CCCN(CC)c1cc(C(=O)OC)ccc1[N+](=O)[O-]. The first kappa shape index (κ1) is 14.9. The average Bonchev–Trinajstić information content (AvgIpc) is 2.43. The number of carbonyl (C=O) groups is 1. The molecular formula is C13H18N2O4. The molecule has 0 N–H and O–H groups in total. The van der Waals surface area contributed by atoms with Crippen molar-refractivity contribution >= 4 is 17.3 Å². The van der Waals surface area contributed by atoms with Gasteiger partial charge in [0.1, 0.15) is 5.69 Å². The first-order chi connectivity index (χ1) is 9.04. The Bertz CT molecular complexity index is 474. The molecule has 0 saturated carbocycles. The van der Waals surface area contributed by atoms with Crippen molar-refractivity contribution in [2.45, 2.75) is 20.3 Å². The predicted molar refractivity (Wildman–Crippen MR) is 72.6 cm³/mol. The van der Waals surface area contributed by atoms with Gasteiger partial charge in [0.15, 0.2) is 0 Å². The summed E-state index contributed by atoms with van der Waals surface area (Å²) in [7, 11) is 1.28. The summed E-state index contributed by atoms with van der Waals surface area (Å²) in [5.74, 6) is -0.497. The third kappa shape index (κ3) is 3.43. The summed E-state index contributed by atoms with van der Waals surface area (Å²) in [6.45, 7) is 5.25. The smallest absolute Gasteiger partial charge is 0.337 e. The highest BCUT2D eigenvalue weighted by Crippen LogP contribution is 2.29. The molecule has 0 aliphatic carbocycles. The molecule has 104 valence electrons. The van der Waals surface area contributed by atoms with Gasteiger partial charge in [0.2, 0.25) is 0 Å². The zero-order valence-electron chi connectivity index (χ0n) is 11.4. The summed E-state index contributed by atoms with van der Waals surface area (Å²) in [4.78, 5) is 24.0. The minimum absolute atomic E-state index is 0.00273. The minimum atomic E-state index is -0.497. The van der Waals surface area contributed by atoms with E-state index in [1.807, 2.05) is 18.7 Å². The van der Waals surface area contributed by atoms with E-state index in [9.17, 15) is 14.9 Å². The lowest BCUT2D eigenvalue weighted by atomic mass is 10.1. The summed E-state index contributed by atoms with van der Waals surface area (Å²) < 4.78 is 4.64. The fourth-order valence-electron chi connectivity index (χ4n) is 1.89. The Morgan fingerprint density at radius 2 is 2.11 bits per heavy atom. The zero-order chi connectivity index (χ0) is 14.4. The van der Waals surface area contributed by atoms with Crippen LogP contribution in [0.15, 0.2) is 18.2 Å². The highest BCUT2D eigenvalue weighted by molar-refractivity contribution is 5.91. The van der Waals surface area contributed by atoms with Crippen LogP contribution in [0.25, 0.3) is 0 Å². The molecule has 0 heterocycles. The maximum atomic E-state index is 11.5. The van der Waals surface area contributed by atoms with Gasteiger partial charge in [-0.05, 0) is 25.5 Å². The molecule has 0 aromatic heterocycles. The number of anilines is 1. The molecule has 0 aliphatic rings. The molecule has 0 fully saturated rings. The Balaban J connectivity index is 3.29. The Morgan fingerprint density at radius 3 is 2.58 bits per heavy atom. The standard InChI is InChI=1S/C13H18N2O4/c1-4-8-14(5-2)12-9-10(13(16)19-3)6-7-11(12)15(17)18/h6-7,9H,4-5,8H2,1-3H3. The number of hydrogen-bond acceptors (Lipinski definition) is 5. The topological polar surface area (TPSA) is 72.7 Å². The molecule has 0 atom stereocenters. The molecule has 1 rings (SSSR count). The van der Waals surface area contributed by atoms with Crippen molar-refractivity contribution in [3.63, 3.8) is 0 Å². The van der Waals surface area contributed by atoms with Gasteiger partial charge in [0, 0.05) is 19.2 Å². The van der Waals surface area contributed by atoms with Crippen LogP contribution >= 0.6 is 0 Å². The number of benzene rings is 1. The van der Waals surface area contributed by atoms with Gasteiger partial charge < -0.3 is 9.64 Å². The zero-order valence-corrected chi connectivity index (χ0v) is 11.4. The first-order valence-corrected chi connectivity index (χ1v) is 6.16. The van der Waals surface area contributed by atoms with Crippen molar-refractivity contribution in [3.05, 3.63) is 33.9 Å². The molecule has 0 aliphatic heterocycles. The summed E-state index contributed by atoms with van der Waals surface area (Å²) in [5, 5.41) is 11.1. The third-order valence-corrected chi connectivity index (χ3v) is 2.81. The van der Waals surface area contributed by atoms with Gasteiger partial charge in [-0.1, -0.05) is 6.92 Å². The van der Waals surface area contributed by atoms with Gasteiger partial charge in [-0.3, -0.25) is 10.1 Å². The van der Waals surface area contributed by atoms with Crippen LogP contribution in [0.5, 0.6) is 0 Å². The maximum absolute atomic E-state index is 11.5. The number of nitrogens with zero attached hydrogens (tertiary/aromatic N) is 2. The molecular weight excluding hydrogens is 248 g/mol. The second-order valence-electron chi connectivity index (χ2n) is 4.03. The molecule has 0 amide bonds. The number of carbonyl (C=O) groups excluding carboxylic acids is 1. The predicted octanol–water partition coefficient (Wildman–Crippen LogP) is 2.62. The van der Waals surface area contributed by atoms with E-state index in [1.54, 1.807) is 0 Å². The number of nitro benzene ring substituents is 1. The van der Waals surface area contributed by atoms with Crippen molar-refractivity contribution in [1.29, 1.82) is 0 Å². The Kier molecular flexibility index (Phi) is 5.29. The van der Waals surface area contributed by atoms with Crippen LogP contribution in [0.4, 0.5) is 11.4 Å². The average molecular weight is 266 g/mol. The third-order valence-electron chi connectivity index (χ3n) is 2.81. The van der Waals surface area contributed by atoms with E-state index in [4.69, 9.17) is 0 Å². The molecule has 6 nitrogen and oxygen atoms in total. The van der Waals surface area contributed by atoms with Gasteiger partial charge in [0.25, 0.3) is 5.69 Å². The van der Waals surface area contributed by atoms with Crippen LogP contribution in [-0.2, 0) is 4.74 Å². The van der Waals surface area contributed by atoms with Crippen LogP contribution in [0.3, 0.4) is 0 Å². The lowest BCUT2D eigenvalue weighted by Gasteiger charge is -2.22. The van der Waals surface area contributed by atoms with E-state index < -0.39 is 10.9 Å². The molecule has 1 aromatic rings. The molecule has 0 radical (unpaired) electrons. The molecule has 6 heteroatoms. The lowest BCUT2D eigenvalue weighted by molar-refractivity contribution is -0.384. The highest BCUT2D eigenvalue weighted by atomic mass is 16.6. The molecule has 19 heavy (non-hydrogen) atoms. The van der Waals surface area contributed by atoms with E-state index >= 15 is 0 Å². The van der Waals surface area contributed by atoms with Gasteiger partial charge in [-0.25, -0.2) is 4.79 Å². The van der Waals surface area contributed by atoms with Crippen LogP contribution < -0.4 is 4.90 Å². The maximum Gasteiger partial charge on any atom is 0.337 e. The lowest BCUT2D eigenvalue weighted by Crippen LogP contribution is -2.24. The number of methoxy groups -OCH3 is 1. The summed E-state index contributed by atoms with van der Waals surface area (Å²) in [6, 6.07) is 4.27. The van der Waals surface area contributed by atoms with Gasteiger partial charge in [-0.15, -0.1) is 0 Å². The van der Waals surface area contributed by atoms with Crippen molar-refractivity contribution in [3.8, 4) is 0 Å². The van der Waals surface area contributed by atoms with Crippen LogP contribution in [0, 0.1) is 10.1 Å². The van der Waals surface area contributed by atoms with Crippen LogP contribution in [0.2, 0.25) is 0 Å². The summed E-state index contributed by atoms with van der Waals surface area (Å²) in [5.41, 5.74) is 0.776. The van der Waals surface area contributed by atoms with Gasteiger partial charge >= 0.3 is 5.97 Å². The molecule has 0 spiro atoms. The van der Waals surface area contributed by atoms with E-state index in [0.29, 0.717) is 24.3 Å². The van der Waals surface area contributed by atoms with Crippen molar-refractivity contribution in [2.75, 3.05) is 25.1 Å². The highest BCUT2D eigenvalue weighted by Gasteiger charge is 2.20. The van der Waals surface area contributed by atoms with Crippen molar-refractivity contribution in [2.24, 2.45) is 0 Å². The van der Waals surface area contributed by atoms with Crippen molar-refractivity contribution in [1.82, 2.24) is 0 Å². The van der Waals surface area contributed by atoms with Gasteiger partial charge in [-0.2, -0.15) is 0 Å². The van der Waals surface area contributed by atoms with Crippen LogP contribution in [-0.4, -0.2) is 31.1 Å². The minimum Gasteiger partial charge on any atom is -0.465 e. The largest absolute Gasteiger partial charge is 0.465 e. The summed E-state index contributed by atoms with van der Waals surface area (Å²) in [6.07, 6.45) is 0.868. The fourth-order valence-corrected chi connectivity index (χ4v) is 1.89. The van der Waals surface area contributed by atoms with E-state index in [-0.39, 0.29) is 5.69 Å². The molecule has 0 saturated heterocycles. The molecule has 0 unspecified atom stereocenters. The normalized spacial score (nSPS) is 10.1. The van der Waals surface area contributed by atoms with Crippen LogP contribution in [0.1, 0.15) is 30.6 Å². The van der Waals surface area contributed by atoms with Gasteiger partial charge in [0.05, 0.1) is 17.6 Å². The quantitative estimate of drug-likeness (QED) is 0.449. The number of rotatable bonds is 6. The second-order valence-corrected chi connectivity index (χ2v) is 4.03. The Labute approximate surface area is 112 Å². The van der Waals surface area contributed by atoms with E-state index in [0.717, 1.165) is 6.42 Å². The monoisotopic (exact) mass is 266 g/mol. The van der Waals surface area contributed by atoms with E-state index in [1.165, 1.54) is 25.3 Å². The van der Waals surface area contributed by atoms with Crippen molar-refractivity contribution < 1.29 is 14.5 Å². The van der Waals surface area contributed by atoms with E-state index in [2.05, 4.69) is 4.74 Å². The summed E-state index contributed by atoms with van der Waals surface area (Å²) >= 11 is 0. The number of ether oxygens (including phenoxy) is 1. The Morgan fingerprint density at radius 1 is 1.42 bits per heavy atom. The Hall–Kier alpha value is -2.11. The number of esters is 1. The number of hydrogen-bond donors (Lipinski definition) is 0.